The maximum atomic E-state index is 13.6. The largest absolute Gasteiger partial charge is 0.450 e. The lowest BCUT2D eigenvalue weighted by Gasteiger charge is -2.30. The molecular weight excluding hydrogens is 741 g/mol. The summed E-state index contributed by atoms with van der Waals surface area (Å²) in [6.07, 6.45) is 4.23. The van der Waals surface area contributed by atoms with Gasteiger partial charge in [0.05, 0.1) is 13.2 Å². The van der Waals surface area contributed by atoms with Crippen molar-refractivity contribution in [3.63, 3.8) is 0 Å². The molecule has 2 aliphatic heterocycles. The monoisotopic (exact) mass is 800 g/mol. The van der Waals surface area contributed by atoms with E-state index in [1.54, 1.807) is 36.4 Å². The number of carbonyl (C=O) groups is 6. The first-order chi connectivity index (χ1) is 27.8. The first-order valence-corrected chi connectivity index (χ1v) is 20.6. The van der Waals surface area contributed by atoms with Crippen molar-refractivity contribution in [3.8, 4) is 11.8 Å². The number of amides is 6. The number of nitrogens with zero attached hydrogens (tertiary/aromatic N) is 2. The fourth-order valence-corrected chi connectivity index (χ4v) is 6.89. The van der Waals surface area contributed by atoms with Gasteiger partial charge in [0.1, 0.15) is 24.2 Å². The van der Waals surface area contributed by atoms with Crippen LogP contribution in [0.3, 0.4) is 0 Å². The predicted octanol–water partition coefficient (Wildman–Crippen LogP) is 6.05. The molecule has 0 saturated carbocycles. The van der Waals surface area contributed by atoms with Gasteiger partial charge < -0.3 is 40.5 Å². The third kappa shape index (κ3) is 13.0. The molecule has 58 heavy (non-hydrogen) atoms. The molecule has 4 atom stereocenters. The maximum absolute atomic E-state index is 13.6. The smallest absolute Gasteiger partial charge is 0.407 e. The Morgan fingerprint density at radius 3 is 1.41 bits per heavy atom. The van der Waals surface area contributed by atoms with Gasteiger partial charge in [-0.15, -0.1) is 0 Å². The molecular formula is C44H60N6O8. The quantitative estimate of drug-likeness (QED) is 0.117. The SMILES string of the molecule is CCCCOC(=O)N[C@H](C(=O)N1CCC[C@H]1C(=O)Nc1cccc(C#Cc2cccc(NC(=O)[C@@H]3CCCN3C(=O)[C@@H](NC(=O)OCCCC)C(C)C)c2)c1)C(C)C. The molecule has 4 N–H and O–H groups in total. The van der Waals surface area contributed by atoms with Gasteiger partial charge in [-0.3, -0.25) is 19.2 Å². The molecule has 314 valence electrons. The standard InChI is InChI=1S/C44H60N6O8/c1-7-9-25-57-43(55)47-37(29(3)4)41(53)49-23-13-19-35(49)39(51)45-33-17-11-15-31(27-33)21-22-32-16-12-18-34(28-32)46-40(52)36-20-14-24-50(36)42(54)38(30(5)6)48-44(56)58-26-10-8-2/h11-12,15-18,27-30,35-38H,7-10,13-14,19-20,23-26H2,1-6H3,(H,45,51)(H,46,52)(H,47,55)(H,48,56)/t35-,36-,37-,38-/m0/s1. The molecule has 2 heterocycles. The third-order valence-corrected chi connectivity index (χ3v) is 10.2. The van der Waals surface area contributed by atoms with Crippen molar-refractivity contribution in [2.24, 2.45) is 11.8 Å². The molecule has 0 radical (unpaired) electrons. The van der Waals surface area contributed by atoms with E-state index in [1.165, 1.54) is 9.80 Å². The Bertz CT molecular complexity index is 1690. The van der Waals surface area contributed by atoms with Crippen molar-refractivity contribution >= 4 is 47.2 Å². The van der Waals surface area contributed by atoms with E-state index in [2.05, 4.69) is 33.1 Å². The first-order valence-electron chi connectivity index (χ1n) is 20.6. The van der Waals surface area contributed by atoms with Crippen molar-refractivity contribution in [1.82, 2.24) is 20.4 Å². The van der Waals surface area contributed by atoms with Crippen LogP contribution in [-0.4, -0.2) is 96.1 Å². The van der Waals surface area contributed by atoms with Gasteiger partial charge in [-0.1, -0.05) is 78.4 Å². The highest BCUT2D eigenvalue weighted by Gasteiger charge is 2.40. The van der Waals surface area contributed by atoms with Crippen LogP contribution in [0, 0.1) is 23.7 Å². The Kier molecular flexibility index (Phi) is 17.4. The van der Waals surface area contributed by atoms with Gasteiger partial charge in [0.25, 0.3) is 0 Å². The lowest BCUT2D eigenvalue weighted by Crippen LogP contribution is -2.54. The van der Waals surface area contributed by atoms with Gasteiger partial charge in [-0.05, 0) is 86.8 Å². The number of carbonyl (C=O) groups excluding carboxylic acids is 6. The normalized spacial score (nSPS) is 17.2. The van der Waals surface area contributed by atoms with E-state index in [0.717, 1.165) is 25.7 Å². The minimum Gasteiger partial charge on any atom is -0.450 e. The fraction of sp³-hybridized carbons (Fsp3) is 0.545. The van der Waals surface area contributed by atoms with Crippen molar-refractivity contribution in [1.29, 1.82) is 0 Å². The molecule has 0 spiro atoms. The molecule has 2 aromatic rings. The minimum absolute atomic E-state index is 0.212. The van der Waals surface area contributed by atoms with E-state index >= 15 is 0 Å². The molecule has 0 bridgehead atoms. The number of hydrogen-bond donors (Lipinski definition) is 4. The molecule has 2 aliphatic rings. The number of anilines is 2. The molecule has 0 aromatic heterocycles. The summed E-state index contributed by atoms with van der Waals surface area (Å²) < 4.78 is 10.4. The zero-order chi connectivity index (χ0) is 42.2. The van der Waals surface area contributed by atoms with E-state index in [4.69, 9.17) is 9.47 Å². The van der Waals surface area contributed by atoms with Crippen LogP contribution in [0.4, 0.5) is 21.0 Å². The van der Waals surface area contributed by atoms with Crippen LogP contribution in [0.1, 0.15) is 104 Å². The van der Waals surface area contributed by atoms with Crippen LogP contribution < -0.4 is 21.3 Å². The Labute approximate surface area is 342 Å². The summed E-state index contributed by atoms with van der Waals surface area (Å²) in [5.74, 6) is 4.53. The summed E-state index contributed by atoms with van der Waals surface area (Å²) in [6, 6.07) is 11.1. The molecule has 4 rings (SSSR count). The lowest BCUT2D eigenvalue weighted by molar-refractivity contribution is -0.139. The predicted molar refractivity (Wildman–Crippen MR) is 222 cm³/mol. The average molecular weight is 801 g/mol. The van der Waals surface area contributed by atoms with E-state index < -0.39 is 36.4 Å². The number of nitrogens with one attached hydrogen (secondary N) is 4. The second kappa shape index (κ2) is 22.4. The van der Waals surface area contributed by atoms with Crippen LogP contribution in [0.25, 0.3) is 0 Å². The Morgan fingerprint density at radius 1 is 0.655 bits per heavy atom. The molecule has 0 aliphatic carbocycles. The van der Waals surface area contributed by atoms with Crippen molar-refractivity contribution in [3.05, 3.63) is 59.7 Å². The zero-order valence-corrected chi connectivity index (χ0v) is 34.7. The summed E-state index contributed by atoms with van der Waals surface area (Å²) in [5, 5.41) is 11.3. The van der Waals surface area contributed by atoms with Gasteiger partial charge in [-0.25, -0.2) is 9.59 Å². The summed E-state index contributed by atoms with van der Waals surface area (Å²) in [5.41, 5.74) is 2.32. The van der Waals surface area contributed by atoms with Gasteiger partial charge in [-0.2, -0.15) is 0 Å². The van der Waals surface area contributed by atoms with Crippen molar-refractivity contribution < 1.29 is 38.2 Å². The van der Waals surface area contributed by atoms with Crippen LogP contribution in [-0.2, 0) is 28.7 Å². The van der Waals surface area contributed by atoms with Gasteiger partial charge in [0.15, 0.2) is 0 Å². The number of benzene rings is 2. The lowest BCUT2D eigenvalue weighted by atomic mass is 10.0. The first kappa shape index (κ1) is 45.1. The molecule has 2 fully saturated rings. The third-order valence-electron chi connectivity index (χ3n) is 10.2. The number of alkyl carbamates (subject to hydrolysis) is 2. The van der Waals surface area contributed by atoms with E-state index in [9.17, 15) is 28.8 Å². The van der Waals surface area contributed by atoms with E-state index in [0.29, 0.717) is 61.3 Å². The minimum atomic E-state index is -0.826. The molecule has 2 aromatic carbocycles. The second-order valence-corrected chi connectivity index (χ2v) is 15.5. The molecule has 6 amide bonds. The maximum Gasteiger partial charge on any atom is 0.407 e. The van der Waals surface area contributed by atoms with Crippen LogP contribution in [0.2, 0.25) is 0 Å². The van der Waals surface area contributed by atoms with Crippen LogP contribution in [0.5, 0.6) is 0 Å². The Hall–Kier alpha value is -5.58. The highest BCUT2D eigenvalue weighted by Crippen LogP contribution is 2.24. The molecule has 0 unspecified atom stereocenters. The van der Waals surface area contributed by atoms with Gasteiger partial charge >= 0.3 is 12.2 Å². The average Bonchev–Trinajstić information content (AvgIpc) is 3.90. The highest BCUT2D eigenvalue weighted by molar-refractivity contribution is 6.00. The summed E-state index contributed by atoms with van der Waals surface area (Å²) in [6.45, 7) is 12.7. The van der Waals surface area contributed by atoms with Crippen LogP contribution in [0.15, 0.2) is 48.5 Å². The molecule has 14 nitrogen and oxygen atoms in total. The highest BCUT2D eigenvalue weighted by atomic mass is 16.6. The Morgan fingerprint density at radius 2 is 1.05 bits per heavy atom. The summed E-state index contributed by atoms with van der Waals surface area (Å²) in [7, 11) is 0. The summed E-state index contributed by atoms with van der Waals surface area (Å²) in [4.78, 5) is 82.0. The van der Waals surface area contributed by atoms with E-state index in [1.807, 2.05) is 53.7 Å². The van der Waals surface area contributed by atoms with Gasteiger partial charge in [0, 0.05) is 35.6 Å². The number of ether oxygens (including phenoxy) is 2. The summed E-state index contributed by atoms with van der Waals surface area (Å²) >= 11 is 0. The number of hydrogen-bond acceptors (Lipinski definition) is 8. The van der Waals surface area contributed by atoms with E-state index in [-0.39, 0.29) is 48.7 Å². The fourth-order valence-electron chi connectivity index (χ4n) is 6.89. The van der Waals surface area contributed by atoms with Crippen molar-refractivity contribution in [2.75, 3.05) is 36.9 Å². The molecule has 14 heteroatoms. The number of unbranched alkanes of at least 4 members (excludes halogenated alkanes) is 2. The number of rotatable bonds is 16. The number of likely N-dealkylation sites (tertiary alicyclic amines) is 2. The van der Waals surface area contributed by atoms with Crippen molar-refractivity contribution in [2.45, 2.75) is 117 Å². The topological polar surface area (TPSA) is 175 Å². The second-order valence-electron chi connectivity index (χ2n) is 15.5. The zero-order valence-electron chi connectivity index (χ0n) is 34.7. The van der Waals surface area contributed by atoms with Crippen LogP contribution >= 0.6 is 0 Å². The molecule has 2 saturated heterocycles. The Balaban J connectivity index is 1.37. The van der Waals surface area contributed by atoms with Gasteiger partial charge in [0.2, 0.25) is 23.6 Å².